The fourth-order valence-corrected chi connectivity index (χ4v) is 5.11. The minimum atomic E-state index is -0.223. The molecule has 1 saturated heterocycles. The molecule has 0 unspecified atom stereocenters. The van der Waals surface area contributed by atoms with Gasteiger partial charge in [-0.05, 0) is 56.5 Å². The van der Waals surface area contributed by atoms with E-state index in [-0.39, 0.29) is 12.0 Å². The maximum atomic E-state index is 12.9. The second kappa shape index (κ2) is 10.2. The number of fused-ring (bicyclic) bond motifs is 1. The van der Waals surface area contributed by atoms with E-state index in [2.05, 4.69) is 30.9 Å². The molecule has 0 bridgehead atoms. The lowest BCUT2D eigenvalue weighted by Gasteiger charge is -2.12. The molecule has 1 amide bonds. The first-order valence-corrected chi connectivity index (χ1v) is 12.6. The van der Waals surface area contributed by atoms with Crippen molar-refractivity contribution in [2.45, 2.75) is 32.8 Å². The lowest BCUT2D eigenvalue weighted by molar-refractivity contribution is 0.102. The summed E-state index contributed by atoms with van der Waals surface area (Å²) in [5, 5.41) is 10.6. The van der Waals surface area contributed by atoms with E-state index in [1.807, 2.05) is 44.2 Å². The Hall–Kier alpha value is -3.27. The van der Waals surface area contributed by atoms with Gasteiger partial charge >= 0.3 is 0 Å². The number of ether oxygens (including phenoxy) is 1. The van der Waals surface area contributed by atoms with Crippen LogP contribution < -0.4 is 16.0 Å². The number of hydrogen-bond acceptors (Lipinski definition) is 8. The number of nitrogens with zero attached hydrogens (tertiary/aromatic N) is 3. The standard InChI is InChI=1S/C25H25ClN6O2S/c1-14-5-3-7-18(26)22(14)32-23(33)16-8-9-19-20(12-16)35-25(29-19)31-21-11-15(2)28-24(30-21)27-13-17-6-4-10-34-17/h3,5,7-9,11-12,17H,4,6,10,13H2,1-2H3,(H,32,33)(H2,27,28,29,30,31)/t17-/m1/s1. The Morgan fingerprint density at radius 1 is 1.17 bits per heavy atom. The van der Waals surface area contributed by atoms with Crippen molar-refractivity contribution < 1.29 is 9.53 Å². The van der Waals surface area contributed by atoms with Gasteiger partial charge in [0.05, 0.1) is 27.0 Å². The number of carbonyl (C=O) groups excluding carboxylic acids is 1. The molecule has 1 aliphatic heterocycles. The van der Waals surface area contributed by atoms with Gasteiger partial charge in [-0.25, -0.2) is 9.97 Å². The molecule has 8 nitrogen and oxygen atoms in total. The second-order valence-electron chi connectivity index (χ2n) is 8.45. The molecule has 4 aromatic rings. The number of carbonyl (C=O) groups is 1. The Morgan fingerprint density at radius 2 is 2.06 bits per heavy atom. The Balaban J connectivity index is 1.31. The summed E-state index contributed by atoms with van der Waals surface area (Å²) >= 11 is 7.71. The normalized spacial score (nSPS) is 15.3. The predicted molar refractivity (Wildman–Crippen MR) is 141 cm³/mol. The SMILES string of the molecule is Cc1cc(Nc2nc3ccc(C(=O)Nc4c(C)cccc4Cl)cc3s2)nc(NC[C@H]2CCCO2)n1. The molecule has 0 spiro atoms. The first-order chi connectivity index (χ1) is 16.9. The fraction of sp³-hybridized carbons (Fsp3) is 0.280. The largest absolute Gasteiger partial charge is 0.376 e. The quantitative estimate of drug-likeness (QED) is 0.284. The highest BCUT2D eigenvalue weighted by molar-refractivity contribution is 7.22. The smallest absolute Gasteiger partial charge is 0.255 e. The molecule has 3 heterocycles. The van der Waals surface area contributed by atoms with E-state index in [4.69, 9.17) is 16.3 Å². The number of rotatable bonds is 7. The zero-order chi connectivity index (χ0) is 24.4. The molecular formula is C25H25ClN6O2S. The van der Waals surface area contributed by atoms with E-state index in [0.29, 0.717) is 39.7 Å². The van der Waals surface area contributed by atoms with E-state index < -0.39 is 0 Å². The number of anilines is 4. The van der Waals surface area contributed by atoms with Crippen LogP contribution in [0, 0.1) is 13.8 Å². The van der Waals surface area contributed by atoms with Gasteiger partial charge in [-0.15, -0.1) is 0 Å². The van der Waals surface area contributed by atoms with Crippen LogP contribution in [0.5, 0.6) is 0 Å². The van der Waals surface area contributed by atoms with Gasteiger partial charge in [0.15, 0.2) is 5.13 Å². The summed E-state index contributed by atoms with van der Waals surface area (Å²) in [6, 6.07) is 12.8. The van der Waals surface area contributed by atoms with Gasteiger partial charge in [-0.2, -0.15) is 4.98 Å². The first-order valence-electron chi connectivity index (χ1n) is 11.4. The highest BCUT2D eigenvalue weighted by Crippen LogP contribution is 2.30. The second-order valence-corrected chi connectivity index (χ2v) is 9.88. The molecule has 2 aromatic heterocycles. The monoisotopic (exact) mass is 508 g/mol. The van der Waals surface area contributed by atoms with Gasteiger partial charge < -0.3 is 20.7 Å². The van der Waals surface area contributed by atoms with Crippen molar-refractivity contribution in [2.75, 3.05) is 29.1 Å². The van der Waals surface area contributed by atoms with Gasteiger partial charge in [-0.3, -0.25) is 4.79 Å². The van der Waals surface area contributed by atoms with E-state index in [0.717, 1.165) is 40.9 Å². The molecule has 5 rings (SSSR count). The van der Waals surface area contributed by atoms with Crippen molar-refractivity contribution in [2.24, 2.45) is 0 Å². The van der Waals surface area contributed by atoms with Crippen molar-refractivity contribution in [1.29, 1.82) is 0 Å². The molecule has 0 radical (unpaired) electrons. The fourth-order valence-electron chi connectivity index (χ4n) is 3.93. The van der Waals surface area contributed by atoms with Crippen molar-refractivity contribution in [1.82, 2.24) is 15.0 Å². The van der Waals surface area contributed by atoms with Crippen LogP contribution >= 0.6 is 22.9 Å². The van der Waals surface area contributed by atoms with Crippen LogP contribution in [0.2, 0.25) is 5.02 Å². The summed E-state index contributed by atoms with van der Waals surface area (Å²) in [5.74, 6) is 0.982. The average molecular weight is 509 g/mol. The zero-order valence-electron chi connectivity index (χ0n) is 19.4. The molecule has 0 saturated carbocycles. The van der Waals surface area contributed by atoms with Crippen LogP contribution in [0.4, 0.5) is 22.6 Å². The number of para-hydroxylation sites is 1. The summed E-state index contributed by atoms with van der Waals surface area (Å²) in [7, 11) is 0. The lowest BCUT2D eigenvalue weighted by Crippen LogP contribution is -2.20. The Bertz CT molecular complexity index is 1370. The summed E-state index contributed by atoms with van der Waals surface area (Å²) < 4.78 is 6.55. The van der Waals surface area contributed by atoms with Crippen LogP contribution in [-0.4, -0.2) is 40.1 Å². The summed E-state index contributed by atoms with van der Waals surface area (Å²) in [6.45, 7) is 5.33. The summed E-state index contributed by atoms with van der Waals surface area (Å²) in [6.07, 6.45) is 2.34. The number of hydrogen-bond donors (Lipinski definition) is 3. The number of aryl methyl sites for hydroxylation is 2. The lowest BCUT2D eigenvalue weighted by atomic mass is 10.1. The molecular weight excluding hydrogens is 484 g/mol. The Morgan fingerprint density at radius 3 is 2.86 bits per heavy atom. The molecule has 1 aliphatic rings. The third kappa shape index (κ3) is 5.53. The maximum absolute atomic E-state index is 12.9. The topological polar surface area (TPSA) is 101 Å². The van der Waals surface area contributed by atoms with Gasteiger partial charge in [0.2, 0.25) is 5.95 Å². The molecule has 180 valence electrons. The summed E-state index contributed by atoms with van der Waals surface area (Å²) in [5.41, 5.74) is 3.69. The number of aromatic nitrogens is 3. The van der Waals surface area contributed by atoms with Crippen LogP contribution in [0.3, 0.4) is 0 Å². The molecule has 1 fully saturated rings. The van der Waals surface area contributed by atoms with E-state index in [1.54, 1.807) is 12.1 Å². The van der Waals surface area contributed by atoms with Crippen LogP contribution in [0.1, 0.15) is 34.5 Å². The number of nitrogens with one attached hydrogen (secondary N) is 3. The van der Waals surface area contributed by atoms with Gasteiger partial charge in [0.1, 0.15) is 5.82 Å². The molecule has 0 aliphatic carbocycles. The van der Waals surface area contributed by atoms with Crippen molar-refractivity contribution >= 4 is 61.6 Å². The molecule has 3 N–H and O–H groups in total. The maximum Gasteiger partial charge on any atom is 0.255 e. The molecule has 35 heavy (non-hydrogen) atoms. The van der Waals surface area contributed by atoms with Crippen molar-refractivity contribution in [3.63, 3.8) is 0 Å². The molecule has 2 aromatic carbocycles. The average Bonchev–Trinajstić information content (AvgIpc) is 3.48. The number of amides is 1. The van der Waals surface area contributed by atoms with Crippen LogP contribution in [0.25, 0.3) is 10.2 Å². The number of benzene rings is 2. The number of thiazole rings is 1. The van der Waals surface area contributed by atoms with Gasteiger partial charge in [-0.1, -0.05) is 35.1 Å². The van der Waals surface area contributed by atoms with E-state index in [1.165, 1.54) is 11.3 Å². The Kier molecular flexibility index (Phi) is 6.81. The zero-order valence-corrected chi connectivity index (χ0v) is 21.0. The minimum absolute atomic E-state index is 0.202. The first kappa shape index (κ1) is 23.5. The van der Waals surface area contributed by atoms with E-state index in [9.17, 15) is 4.79 Å². The van der Waals surface area contributed by atoms with Crippen molar-refractivity contribution in [3.8, 4) is 0 Å². The Labute approximate surface area is 212 Å². The summed E-state index contributed by atoms with van der Waals surface area (Å²) in [4.78, 5) is 26.5. The van der Waals surface area contributed by atoms with Crippen LogP contribution in [0.15, 0.2) is 42.5 Å². The van der Waals surface area contributed by atoms with Crippen LogP contribution in [-0.2, 0) is 4.74 Å². The molecule has 10 heteroatoms. The van der Waals surface area contributed by atoms with Crippen molar-refractivity contribution in [3.05, 3.63) is 64.3 Å². The highest BCUT2D eigenvalue weighted by Gasteiger charge is 2.16. The third-order valence-corrected chi connectivity index (χ3v) is 6.96. The minimum Gasteiger partial charge on any atom is -0.376 e. The predicted octanol–water partition coefficient (Wildman–Crippen LogP) is 5.94. The van der Waals surface area contributed by atoms with Gasteiger partial charge in [0, 0.05) is 30.5 Å². The highest BCUT2D eigenvalue weighted by atomic mass is 35.5. The molecule has 1 atom stereocenters. The van der Waals surface area contributed by atoms with Gasteiger partial charge in [0.25, 0.3) is 5.91 Å². The number of halogens is 1. The third-order valence-electron chi connectivity index (χ3n) is 5.71. The van der Waals surface area contributed by atoms with E-state index >= 15 is 0 Å².